The van der Waals surface area contributed by atoms with Crippen molar-refractivity contribution < 1.29 is 4.74 Å². The summed E-state index contributed by atoms with van der Waals surface area (Å²) in [4.78, 5) is 1.31. The Morgan fingerprint density at radius 2 is 1.94 bits per heavy atom. The maximum atomic E-state index is 5.45. The van der Waals surface area contributed by atoms with Gasteiger partial charge >= 0.3 is 0 Å². The standard InChI is InChI=1S/C13H21NOS/c1-11(2)15-9-8-14-10-12-4-6-13(16-3)7-5-12/h4-7,11,14H,8-10H2,1-3H3. The summed E-state index contributed by atoms with van der Waals surface area (Å²) in [6.45, 7) is 6.71. The summed E-state index contributed by atoms with van der Waals surface area (Å²) in [5, 5.41) is 3.36. The number of nitrogens with one attached hydrogen (secondary N) is 1. The summed E-state index contributed by atoms with van der Waals surface area (Å²) in [5.74, 6) is 0. The van der Waals surface area contributed by atoms with Crippen molar-refractivity contribution in [1.82, 2.24) is 5.32 Å². The third-order valence-electron chi connectivity index (χ3n) is 2.22. The summed E-state index contributed by atoms with van der Waals surface area (Å²) >= 11 is 1.77. The van der Waals surface area contributed by atoms with Gasteiger partial charge in [-0.1, -0.05) is 12.1 Å². The predicted octanol–water partition coefficient (Wildman–Crippen LogP) is 2.92. The first-order valence-electron chi connectivity index (χ1n) is 5.67. The van der Waals surface area contributed by atoms with Crippen molar-refractivity contribution in [2.24, 2.45) is 0 Å². The van der Waals surface area contributed by atoms with E-state index >= 15 is 0 Å². The first kappa shape index (κ1) is 13.6. The van der Waals surface area contributed by atoms with Crippen LogP contribution in [-0.2, 0) is 11.3 Å². The van der Waals surface area contributed by atoms with Crippen molar-refractivity contribution in [2.45, 2.75) is 31.4 Å². The Hall–Kier alpha value is -0.510. The fourth-order valence-corrected chi connectivity index (χ4v) is 1.75. The van der Waals surface area contributed by atoms with E-state index in [-0.39, 0.29) is 0 Å². The van der Waals surface area contributed by atoms with Gasteiger partial charge in [-0.2, -0.15) is 0 Å². The van der Waals surface area contributed by atoms with E-state index in [1.165, 1.54) is 10.5 Å². The minimum atomic E-state index is 0.322. The Morgan fingerprint density at radius 3 is 2.50 bits per heavy atom. The van der Waals surface area contributed by atoms with E-state index in [1.54, 1.807) is 11.8 Å². The average molecular weight is 239 g/mol. The summed E-state index contributed by atoms with van der Waals surface area (Å²) in [7, 11) is 0. The fourth-order valence-electron chi connectivity index (χ4n) is 1.34. The second-order valence-corrected chi connectivity index (χ2v) is 4.82. The molecule has 1 aromatic rings. The molecule has 16 heavy (non-hydrogen) atoms. The number of benzene rings is 1. The van der Waals surface area contributed by atoms with E-state index in [4.69, 9.17) is 4.74 Å². The van der Waals surface area contributed by atoms with E-state index in [9.17, 15) is 0 Å². The van der Waals surface area contributed by atoms with Gasteiger partial charge in [0, 0.05) is 18.0 Å². The molecule has 1 N–H and O–H groups in total. The van der Waals surface area contributed by atoms with Crippen LogP contribution in [0.2, 0.25) is 0 Å². The van der Waals surface area contributed by atoms with Crippen molar-refractivity contribution in [3.63, 3.8) is 0 Å². The van der Waals surface area contributed by atoms with Gasteiger partial charge in [-0.3, -0.25) is 0 Å². The van der Waals surface area contributed by atoms with Crippen LogP contribution in [0.1, 0.15) is 19.4 Å². The molecule has 90 valence electrons. The van der Waals surface area contributed by atoms with Gasteiger partial charge in [-0.25, -0.2) is 0 Å². The van der Waals surface area contributed by atoms with Crippen molar-refractivity contribution in [2.75, 3.05) is 19.4 Å². The van der Waals surface area contributed by atoms with Crippen molar-refractivity contribution in [3.05, 3.63) is 29.8 Å². The first-order chi connectivity index (χ1) is 7.72. The normalized spacial score (nSPS) is 11.0. The minimum Gasteiger partial charge on any atom is -0.377 e. The molecule has 0 unspecified atom stereocenters. The van der Waals surface area contributed by atoms with Crippen LogP contribution in [0.5, 0.6) is 0 Å². The molecule has 0 aliphatic carbocycles. The number of ether oxygens (including phenoxy) is 1. The molecule has 0 heterocycles. The number of rotatable bonds is 7. The zero-order valence-electron chi connectivity index (χ0n) is 10.3. The van der Waals surface area contributed by atoms with Crippen LogP contribution >= 0.6 is 11.8 Å². The fraction of sp³-hybridized carbons (Fsp3) is 0.538. The Labute approximate surface area is 103 Å². The zero-order chi connectivity index (χ0) is 11.8. The van der Waals surface area contributed by atoms with Gasteiger partial charge < -0.3 is 10.1 Å². The lowest BCUT2D eigenvalue weighted by Crippen LogP contribution is -2.20. The molecule has 0 atom stereocenters. The summed E-state index contributed by atoms with van der Waals surface area (Å²) in [6, 6.07) is 8.66. The summed E-state index contributed by atoms with van der Waals surface area (Å²) in [6.07, 6.45) is 2.42. The quantitative estimate of drug-likeness (QED) is 0.584. The lowest BCUT2D eigenvalue weighted by Gasteiger charge is -2.08. The summed E-state index contributed by atoms with van der Waals surface area (Å²) < 4.78 is 5.45. The highest BCUT2D eigenvalue weighted by molar-refractivity contribution is 7.98. The van der Waals surface area contributed by atoms with Crippen molar-refractivity contribution in [1.29, 1.82) is 0 Å². The Bertz CT molecular complexity index is 284. The lowest BCUT2D eigenvalue weighted by molar-refractivity contribution is 0.0807. The Balaban J connectivity index is 2.16. The number of thioether (sulfide) groups is 1. The van der Waals surface area contributed by atoms with Gasteiger partial charge in [0.1, 0.15) is 0 Å². The van der Waals surface area contributed by atoms with Crippen LogP contribution in [0.4, 0.5) is 0 Å². The molecule has 0 aliphatic heterocycles. The second-order valence-electron chi connectivity index (χ2n) is 3.94. The number of hydrogen-bond acceptors (Lipinski definition) is 3. The second kappa shape index (κ2) is 7.71. The maximum absolute atomic E-state index is 5.45. The highest BCUT2D eigenvalue weighted by atomic mass is 32.2. The maximum Gasteiger partial charge on any atom is 0.0594 e. The molecule has 0 amide bonds. The monoisotopic (exact) mass is 239 g/mol. The van der Waals surface area contributed by atoms with Gasteiger partial charge in [0.2, 0.25) is 0 Å². The van der Waals surface area contributed by atoms with Crippen molar-refractivity contribution in [3.8, 4) is 0 Å². The molecule has 1 aromatic carbocycles. The largest absolute Gasteiger partial charge is 0.377 e. The molecule has 0 radical (unpaired) electrons. The van der Waals surface area contributed by atoms with E-state index < -0.39 is 0 Å². The average Bonchev–Trinajstić information content (AvgIpc) is 2.29. The van der Waals surface area contributed by atoms with Crippen molar-refractivity contribution >= 4 is 11.8 Å². The first-order valence-corrected chi connectivity index (χ1v) is 6.90. The van der Waals surface area contributed by atoms with Gasteiger partial charge in [-0.15, -0.1) is 11.8 Å². The molecule has 0 aliphatic rings. The molecule has 1 rings (SSSR count). The molecule has 0 bridgehead atoms. The predicted molar refractivity (Wildman–Crippen MR) is 71.0 cm³/mol. The Morgan fingerprint density at radius 1 is 1.25 bits per heavy atom. The smallest absolute Gasteiger partial charge is 0.0594 e. The van der Waals surface area contributed by atoms with Crippen LogP contribution in [0.3, 0.4) is 0 Å². The minimum absolute atomic E-state index is 0.322. The van der Waals surface area contributed by atoms with Gasteiger partial charge in [0.15, 0.2) is 0 Å². The van der Waals surface area contributed by atoms with Crippen LogP contribution in [0.15, 0.2) is 29.2 Å². The summed E-state index contributed by atoms with van der Waals surface area (Å²) in [5.41, 5.74) is 1.32. The van der Waals surface area contributed by atoms with Gasteiger partial charge in [0.05, 0.1) is 12.7 Å². The topological polar surface area (TPSA) is 21.3 Å². The van der Waals surface area contributed by atoms with Gasteiger partial charge in [-0.05, 0) is 37.8 Å². The molecule has 0 saturated heterocycles. The van der Waals surface area contributed by atoms with Crippen LogP contribution in [-0.4, -0.2) is 25.5 Å². The van der Waals surface area contributed by atoms with Gasteiger partial charge in [0.25, 0.3) is 0 Å². The third-order valence-corrected chi connectivity index (χ3v) is 2.96. The SMILES string of the molecule is CSc1ccc(CNCCOC(C)C)cc1. The van der Waals surface area contributed by atoms with E-state index in [0.717, 1.165) is 19.7 Å². The molecule has 0 saturated carbocycles. The molecule has 0 fully saturated rings. The molecule has 0 aromatic heterocycles. The third kappa shape index (κ3) is 5.54. The van der Waals surface area contributed by atoms with Crippen LogP contribution in [0.25, 0.3) is 0 Å². The highest BCUT2D eigenvalue weighted by Crippen LogP contribution is 2.14. The molecule has 0 spiro atoms. The van der Waals surface area contributed by atoms with E-state index in [2.05, 4.69) is 49.7 Å². The van der Waals surface area contributed by atoms with Crippen LogP contribution < -0.4 is 5.32 Å². The van der Waals surface area contributed by atoms with E-state index in [1.807, 2.05) is 0 Å². The zero-order valence-corrected chi connectivity index (χ0v) is 11.1. The Kier molecular flexibility index (Phi) is 6.53. The van der Waals surface area contributed by atoms with Crippen LogP contribution in [0, 0.1) is 0 Å². The molecular formula is C13H21NOS. The highest BCUT2D eigenvalue weighted by Gasteiger charge is 1.95. The number of hydrogen-bond donors (Lipinski definition) is 1. The molecule has 2 nitrogen and oxygen atoms in total. The van der Waals surface area contributed by atoms with E-state index in [0.29, 0.717) is 6.10 Å². The lowest BCUT2D eigenvalue weighted by atomic mass is 10.2. The molecule has 3 heteroatoms. The molecular weight excluding hydrogens is 218 g/mol.